The van der Waals surface area contributed by atoms with Crippen molar-refractivity contribution in [2.45, 2.75) is 19.4 Å². The minimum absolute atomic E-state index is 0.0613. The first-order valence-electron chi connectivity index (χ1n) is 7.03. The highest BCUT2D eigenvalue weighted by molar-refractivity contribution is 5.75. The number of fused-ring (bicyclic) bond motifs is 1. The number of aromatic nitrogens is 1. The van der Waals surface area contributed by atoms with Crippen molar-refractivity contribution in [1.82, 2.24) is 15.2 Å². The summed E-state index contributed by atoms with van der Waals surface area (Å²) in [7, 11) is 0. The van der Waals surface area contributed by atoms with Gasteiger partial charge in [0.1, 0.15) is 5.52 Å². The topological polar surface area (TPSA) is 82.2 Å². The molecule has 1 fully saturated rings. The van der Waals surface area contributed by atoms with E-state index in [0.29, 0.717) is 24.6 Å². The molecule has 0 spiro atoms. The standard InChI is InChI=1S/C15H16N4O2/c16-8-11-4-3-7-19(10-11)15(20)17-9-14-18-12-5-1-2-6-13(12)21-14/h1-2,5-6,11H,3-4,7,9-10H2,(H,17,20). The first-order chi connectivity index (χ1) is 10.3. The molecule has 1 saturated heterocycles. The number of likely N-dealkylation sites (tertiary alicyclic amines) is 1. The molecular formula is C15H16N4O2. The largest absolute Gasteiger partial charge is 0.439 e. The maximum Gasteiger partial charge on any atom is 0.317 e. The molecule has 0 aliphatic carbocycles. The lowest BCUT2D eigenvalue weighted by molar-refractivity contribution is 0.175. The number of hydrogen-bond donors (Lipinski definition) is 1. The highest BCUT2D eigenvalue weighted by Gasteiger charge is 2.23. The van der Waals surface area contributed by atoms with Gasteiger partial charge >= 0.3 is 6.03 Å². The Morgan fingerprint density at radius 3 is 3.19 bits per heavy atom. The molecule has 1 aromatic carbocycles. The number of nitrogens with zero attached hydrogens (tertiary/aromatic N) is 3. The number of urea groups is 1. The molecule has 0 bridgehead atoms. The van der Waals surface area contributed by atoms with E-state index in [1.165, 1.54) is 0 Å². The van der Waals surface area contributed by atoms with Crippen LogP contribution in [0.25, 0.3) is 11.1 Å². The van der Waals surface area contributed by atoms with E-state index in [0.717, 1.165) is 18.4 Å². The van der Waals surface area contributed by atoms with Crippen LogP contribution in [0.2, 0.25) is 0 Å². The molecule has 6 nitrogen and oxygen atoms in total. The van der Waals surface area contributed by atoms with E-state index >= 15 is 0 Å². The summed E-state index contributed by atoms with van der Waals surface area (Å²) in [5, 5.41) is 11.7. The molecule has 1 aliphatic rings. The Balaban J connectivity index is 1.59. The Hall–Kier alpha value is -2.55. The summed E-state index contributed by atoms with van der Waals surface area (Å²) in [5.74, 6) is 0.423. The first kappa shape index (κ1) is 13.4. The maximum atomic E-state index is 12.1. The number of carbonyl (C=O) groups is 1. The zero-order valence-electron chi connectivity index (χ0n) is 11.6. The number of hydrogen-bond acceptors (Lipinski definition) is 4. The fourth-order valence-corrected chi connectivity index (χ4v) is 2.53. The number of benzene rings is 1. The highest BCUT2D eigenvalue weighted by atomic mass is 16.3. The van der Waals surface area contributed by atoms with Crippen molar-refractivity contribution in [3.63, 3.8) is 0 Å². The van der Waals surface area contributed by atoms with Crippen molar-refractivity contribution in [1.29, 1.82) is 5.26 Å². The second-order valence-corrected chi connectivity index (χ2v) is 5.15. The summed E-state index contributed by atoms with van der Waals surface area (Å²) < 4.78 is 5.55. The molecule has 1 atom stereocenters. The minimum Gasteiger partial charge on any atom is -0.439 e. The number of oxazole rings is 1. The molecule has 3 rings (SSSR count). The number of carbonyl (C=O) groups excluding carboxylic acids is 1. The van der Waals surface area contributed by atoms with Gasteiger partial charge < -0.3 is 14.6 Å². The van der Waals surface area contributed by atoms with Gasteiger partial charge in [-0.15, -0.1) is 0 Å². The van der Waals surface area contributed by atoms with Crippen molar-refractivity contribution >= 4 is 17.1 Å². The molecule has 1 unspecified atom stereocenters. The molecular weight excluding hydrogens is 268 g/mol. The average molecular weight is 284 g/mol. The van der Waals surface area contributed by atoms with E-state index in [2.05, 4.69) is 16.4 Å². The second-order valence-electron chi connectivity index (χ2n) is 5.15. The molecule has 1 N–H and O–H groups in total. The van der Waals surface area contributed by atoms with Gasteiger partial charge in [0.25, 0.3) is 0 Å². The van der Waals surface area contributed by atoms with Crippen LogP contribution in [0.15, 0.2) is 28.7 Å². The molecule has 6 heteroatoms. The van der Waals surface area contributed by atoms with Crippen LogP contribution >= 0.6 is 0 Å². The van der Waals surface area contributed by atoms with Gasteiger partial charge in [-0.1, -0.05) is 12.1 Å². The van der Waals surface area contributed by atoms with E-state index in [9.17, 15) is 4.79 Å². The normalized spacial score (nSPS) is 18.4. The lowest BCUT2D eigenvalue weighted by Crippen LogP contribution is -2.45. The zero-order valence-corrected chi connectivity index (χ0v) is 11.6. The monoisotopic (exact) mass is 284 g/mol. The third-order valence-electron chi connectivity index (χ3n) is 3.62. The van der Waals surface area contributed by atoms with Crippen molar-refractivity contribution in [2.24, 2.45) is 5.92 Å². The van der Waals surface area contributed by atoms with Crippen LogP contribution in [0.1, 0.15) is 18.7 Å². The van der Waals surface area contributed by atoms with Crippen LogP contribution in [0.5, 0.6) is 0 Å². The van der Waals surface area contributed by atoms with Crippen molar-refractivity contribution in [3.8, 4) is 6.07 Å². The van der Waals surface area contributed by atoms with Gasteiger partial charge in [0, 0.05) is 13.1 Å². The van der Waals surface area contributed by atoms with Crippen LogP contribution in [-0.4, -0.2) is 29.0 Å². The molecule has 1 aliphatic heterocycles. The van der Waals surface area contributed by atoms with Crippen LogP contribution in [0, 0.1) is 17.2 Å². The van der Waals surface area contributed by atoms with Crippen molar-refractivity contribution < 1.29 is 9.21 Å². The molecule has 2 amide bonds. The van der Waals surface area contributed by atoms with Gasteiger partial charge in [0.05, 0.1) is 18.5 Å². The lowest BCUT2D eigenvalue weighted by Gasteiger charge is -2.29. The van der Waals surface area contributed by atoms with Gasteiger partial charge in [0.15, 0.2) is 5.58 Å². The summed E-state index contributed by atoms with van der Waals surface area (Å²) >= 11 is 0. The summed E-state index contributed by atoms with van der Waals surface area (Å²) in [6, 6.07) is 9.54. The SMILES string of the molecule is N#CC1CCCN(C(=O)NCc2nc3ccccc3o2)C1. The third-order valence-corrected chi connectivity index (χ3v) is 3.62. The lowest BCUT2D eigenvalue weighted by atomic mass is 10.0. The Kier molecular flexibility index (Phi) is 3.73. The van der Waals surface area contributed by atoms with Crippen LogP contribution in [0.4, 0.5) is 4.79 Å². The van der Waals surface area contributed by atoms with Gasteiger partial charge in [-0.25, -0.2) is 9.78 Å². The quantitative estimate of drug-likeness (QED) is 0.917. The Morgan fingerprint density at radius 2 is 2.38 bits per heavy atom. The van der Waals surface area contributed by atoms with Crippen LogP contribution < -0.4 is 5.32 Å². The van der Waals surface area contributed by atoms with E-state index in [4.69, 9.17) is 9.68 Å². The summed E-state index contributed by atoms with van der Waals surface area (Å²) in [5.41, 5.74) is 1.49. The van der Waals surface area contributed by atoms with Gasteiger partial charge in [-0.3, -0.25) is 0 Å². The Labute approximate surface area is 122 Å². The molecule has 0 radical (unpaired) electrons. The number of nitrogens with one attached hydrogen (secondary N) is 1. The van der Waals surface area contributed by atoms with Gasteiger partial charge in [-0.05, 0) is 25.0 Å². The summed E-state index contributed by atoms with van der Waals surface area (Å²) in [6.45, 7) is 1.44. The fourth-order valence-electron chi connectivity index (χ4n) is 2.53. The third kappa shape index (κ3) is 2.97. The summed E-state index contributed by atoms with van der Waals surface area (Å²) in [6.07, 6.45) is 1.74. The summed E-state index contributed by atoms with van der Waals surface area (Å²) in [4.78, 5) is 18.1. The van der Waals surface area contributed by atoms with Crippen molar-refractivity contribution in [3.05, 3.63) is 30.2 Å². The second kappa shape index (κ2) is 5.83. The molecule has 1 aromatic heterocycles. The number of para-hydroxylation sites is 2. The van der Waals surface area contributed by atoms with E-state index in [1.807, 2.05) is 24.3 Å². The number of amides is 2. The molecule has 2 heterocycles. The molecule has 2 aromatic rings. The minimum atomic E-state index is -0.169. The van der Waals surface area contributed by atoms with E-state index in [1.54, 1.807) is 4.90 Å². The Bertz CT molecular complexity index is 655. The van der Waals surface area contributed by atoms with Crippen LogP contribution in [0.3, 0.4) is 0 Å². The van der Waals surface area contributed by atoms with E-state index in [-0.39, 0.29) is 18.5 Å². The molecule has 108 valence electrons. The maximum absolute atomic E-state index is 12.1. The average Bonchev–Trinajstić information content (AvgIpc) is 2.95. The zero-order chi connectivity index (χ0) is 14.7. The van der Waals surface area contributed by atoms with Gasteiger partial charge in [-0.2, -0.15) is 5.26 Å². The molecule has 21 heavy (non-hydrogen) atoms. The molecule has 0 saturated carbocycles. The predicted molar refractivity (Wildman–Crippen MR) is 76.2 cm³/mol. The predicted octanol–water partition coefficient (Wildman–Crippen LogP) is 2.27. The fraction of sp³-hybridized carbons (Fsp3) is 0.400. The number of nitriles is 1. The van der Waals surface area contributed by atoms with Gasteiger partial charge in [0.2, 0.25) is 5.89 Å². The smallest absolute Gasteiger partial charge is 0.317 e. The number of rotatable bonds is 2. The Morgan fingerprint density at radius 1 is 1.52 bits per heavy atom. The van der Waals surface area contributed by atoms with E-state index < -0.39 is 0 Å². The van der Waals surface area contributed by atoms with Crippen LogP contribution in [-0.2, 0) is 6.54 Å². The van der Waals surface area contributed by atoms with Crippen molar-refractivity contribution in [2.75, 3.05) is 13.1 Å². The highest BCUT2D eigenvalue weighted by Crippen LogP contribution is 2.16. The first-order valence-corrected chi connectivity index (χ1v) is 7.03. The number of piperidine rings is 1.